The Morgan fingerprint density at radius 1 is 1.17 bits per heavy atom. The van der Waals surface area contributed by atoms with Crippen LogP contribution in [0.3, 0.4) is 0 Å². The van der Waals surface area contributed by atoms with Crippen LogP contribution in [0.25, 0.3) is 0 Å². The van der Waals surface area contributed by atoms with Crippen molar-refractivity contribution in [1.29, 1.82) is 0 Å². The fourth-order valence-corrected chi connectivity index (χ4v) is 3.74. The van der Waals surface area contributed by atoms with Crippen LogP contribution in [0.4, 0.5) is 11.4 Å². The highest BCUT2D eigenvalue weighted by molar-refractivity contribution is 6.00. The number of likely N-dealkylation sites (tertiary alicyclic amines) is 1. The highest BCUT2D eigenvalue weighted by Crippen LogP contribution is 2.23. The summed E-state index contributed by atoms with van der Waals surface area (Å²) in [4.78, 5) is 33.4. The fourth-order valence-electron chi connectivity index (χ4n) is 3.74. The second kappa shape index (κ2) is 8.62. The first-order valence-electron chi connectivity index (χ1n) is 9.85. The van der Waals surface area contributed by atoms with Gasteiger partial charge < -0.3 is 30.0 Å². The number of hydrogen-bond acceptors (Lipinski definition) is 7. The number of nitrogens with zero attached hydrogens (tertiary/aromatic N) is 3. The molecule has 1 aromatic carbocycles. The number of nitrogens with two attached hydrogens (primary N) is 1. The van der Waals surface area contributed by atoms with Crippen molar-refractivity contribution in [3.63, 3.8) is 0 Å². The number of carbonyl (C=O) groups is 2. The van der Waals surface area contributed by atoms with Crippen LogP contribution in [0.5, 0.6) is 0 Å². The van der Waals surface area contributed by atoms with E-state index in [9.17, 15) is 9.59 Å². The van der Waals surface area contributed by atoms with E-state index >= 15 is 0 Å². The Balaban J connectivity index is 1.39. The maximum atomic E-state index is 12.8. The first-order valence-corrected chi connectivity index (χ1v) is 9.85. The molecule has 29 heavy (non-hydrogen) atoms. The number of carbonyl (C=O) groups excluding carboxylic acids is 2. The Hall–Kier alpha value is -2.91. The van der Waals surface area contributed by atoms with Crippen molar-refractivity contribution >= 4 is 23.2 Å². The van der Waals surface area contributed by atoms with Gasteiger partial charge in [0.05, 0.1) is 19.8 Å². The second-order valence-corrected chi connectivity index (χ2v) is 7.12. The largest absolute Gasteiger partial charge is 0.447 e. The summed E-state index contributed by atoms with van der Waals surface area (Å²) in [7, 11) is 0. The number of nitrogens with one attached hydrogen (secondary N) is 1. The summed E-state index contributed by atoms with van der Waals surface area (Å²) in [6, 6.07) is 7.22. The zero-order chi connectivity index (χ0) is 20.2. The number of aromatic nitrogens is 1. The number of ether oxygens (including phenoxy) is 1. The van der Waals surface area contributed by atoms with E-state index in [1.807, 2.05) is 24.3 Å². The van der Waals surface area contributed by atoms with Gasteiger partial charge in [0.25, 0.3) is 5.91 Å². The Morgan fingerprint density at radius 3 is 2.62 bits per heavy atom. The lowest BCUT2D eigenvalue weighted by atomic mass is 10.2. The third-order valence-electron chi connectivity index (χ3n) is 5.27. The first-order chi connectivity index (χ1) is 14.2. The summed E-state index contributed by atoms with van der Waals surface area (Å²) in [6.45, 7) is 3.80. The first kappa shape index (κ1) is 19.4. The average molecular weight is 399 g/mol. The van der Waals surface area contributed by atoms with Crippen LogP contribution >= 0.6 is 0 Å². The minimum absolute atomic E-state index is 0.123. The monoisotopic (exact) mass is 399 g/mol. The smallest absolute Gasteiger partial charge is 0.276 e. The van der Waals surface area contributed by atoms with Gasteiger partial charge in [-0.2, -0.15) is 0 Å². The number of morpholine rings is 1. The quantitative estimate of drug-likeness (QED) is 0.777. The van der Waals surface area contributed by atoms with E-state index in [-0.39, 0.29) is 24.1 Å². The molecule has 0 saturated carbocycles. The van der Waals surface area contributed by atoms with Gasteiger partial charge in [-0.3, -0.25) is 9.59 Å². The van der Waals surface area contributed by atoms with Gasteiger partial charge in [0, 0.05) is 31.0 Å². The number of amides is 2. The van der Waals surface area contributed by atoms with Crippen LogP contribution in [0.1, 0.15) is 29.2 Å². The normalized spacial score (nSPS) is 19.4. The van der Waals surface area contributed by atoms with Crippen LogP contribution in [-0.2, 0) is 16.1 Å². The van der Waals surface area contributed by atoms with E-state index < -0.39 is 6.04 Å². The van der Waals surface area contributed by atoms with Crippen LogP contribution in [-0.4, -0.2) is 60.6 Å². The third kappa shape index (κ3) is 4.25. The van der Waals surface area contributed by atoms with E-state index in [1.54, 1.807) is 4.90 Å². The molecule has 9 nitrogen and oxygen atoms in total. The molecule has 2 amide bonds. The number of hydrogen-bond donors (Lipinski definition) is 2. The van der Waals surface area contributed by atoms with Crippen molar-refractivity contribution in [3.8, 4) is 0 Å². The predicted octanol–water partition coefficient (Wildman–Crippen LogP) is 1.21. The van der Waals surface area contributed by atoms with Crippen LogP contribution in [0.2, 0.25) is 0 Å². The lowest BCUT2D eigenvalue weighted by molar-refractivity contribution is -0.119. The molecular weight excluding hydrogens is 374 g/mol. The molecule has 0 bridgehead atoms. The summed E-state index contributed by atoms with van der Waals surface area (Å²) >= 11 is 0. The number of oxazole rings is 1. The Labute approximate surface area is 168 Å². The maximum Gasteiger partial charge on any atom is 0.276 e. The summed E-state index contributed by atoms with van der Waals surface area (Å²) in [5, 5.41) is 2.93. The summed E-state index contributed by atoms with van der Waals surface area (Å²) in [5.41, 5.74) is 7.47. The van der Waals surface area contributed by atoms with Crippen LogP contribution in [0, 0.1) is 0 Å². The summed E-state index contributed by atoms with van der Waals surface area (Å²) in [6.07, 6.45) is 2.68. The van der Waals surface area contributed by atoms with Gasteiger partial charge in [-0.1, -0.05) is 0 Å². The Morgan fingerprint density at radius 2 is 1.93 bits per heavy atom. The Bertz CT molecular complexity index is 860. The molecule has 3 N–H and O–H groups in total. The van der Waals surface area contributed by atoms with E-state index in [1.165, 1.54) is 6.26 Å². The highest BCUT2D eigenvalue weighted by atomic mass is 16.5. The summed E-state index contributed by atoms with van der Waals surface area (Å²) < 4.78 is 10.5. The van der Waals surface area contributed by atoms with Crippen molar-refractivity contribution in [2.75, 3.05) is 43.1 Å². The predicted molar refractivity (Wildman–Crippen MR) is 107 cm³/mol. The molecule has 0 unspecified atom stereocenters. The van der Waals surface area contributed by atoms with Gasteiger partial charge in [-0.25, -0.2) is 4.98 Å². The molecule has 2 saturated heterocycles. The van der Waals surface area contributed by atoms with E-state index in [2.05, 4.69) is 15.2 Å². The van der Waals surface area contributed by atoms with E-state index in [0.29, 0.717) is 24.5 Å². The molecule has 0 radical (unpaired) electrons. The molecule has 154 valence electrons. The topological polar surface area (TPSA) is 114 Å². The van der Waals surface area contributed by atoms with Crippen molar-refractivity contribution in [1.82, 2.24) is 9.88 Å². The maximum absolute atomic E-state index is 12.8. The van der Waals surface area contributed by atoms with Crippen molar-refractivity contribution < 1.29 is 18.7 Å². The van der Waals surface area contributed by atoms with E-state index in [0.717, 1.165) is 38.4 Å². The van der Waals surface area contributed by atoms with Gasteiger partial charge in [-0.05, 0) is 37.1 Å². The molecule has 1 atom stereocenters. The number of anilines is 2. The molecule has 2 aliphatic heterocycles. The van der Waals surface area contributed by atoms with Crippen LogP contribution < -0.4 is 16.0 Å². The highest BCUT2D eigenvalue weighted by Gasteiger charge is 2.35. The molecule has 2 aliphatic rings. The standard InChI is InChI=1S/C20H25N5O4/c21-12-18-23-16(13-29-18)20(27)25-7-1-2-17(25)19(26)22-14-3-5-15(6-4-14)24-8-10-28-11-9-24/h3-6,13,17H,1-2,7-12,21H2,(H,22,26)/t17-/m1/s1. The minimum Gasteiger partial charge on any atom is -0.447 e. The van der Waals surface area contributed by atoms with Gasteiger partial charge in [0.2, 0.25) is 11.8 Å². The zero-order valence-corrected chi connectivity index (χ0v) is 16.2. The molecule has 0 aliphatic carbocycles. The molecule has 0 spiro atoms. The molecule has 2 aromatic rings. The molecular formula is C20H25N5O4. The van der Waals surface area contributed by atoms with Crippen LogP contribution in [0.15, 0.2) is 34.9 Å². The SMILES string of the molecule is NCc1nc(C(=O)N2CCC[C@@H]2C(=O)Nc2ccc(N3CCOCC3)cc2)co1. The summed E-state index contributed by atoms with van der Waals surface area (Å²) in [5.74, 6) is -0.208. The van der Waals surface area contributed by atoms with E-state index in [4.69, 9.17) is 14.9 Å². The average Bonchev–Trinajstić information content (AvgIpc) is 3.44. The molecule has 2 fully saturated rings. The third-order valence-corrected chi connectivity index (χ3v) is 5.27. The van der Waals surface area contributed by atoms with Crippen molar-refractivity contribution in [3.05, 3.63) is 42.1 Å². The molecule has 9 heteroatoms. The molecule has 3 heterocycles. The minimum atomic E-state index is -0.528. The van der Waals surface area contributed by atoms with Crippen molar-refractivity contribution in [2.24, 2.45) is 5.73 Å². The molecule has 4 rings (SSSR count). The Kier molecular flexibility index (Phi) is 5.77. The van der Waals surface area contributed by atoms with Gasteiger partial charge in [0.15, 0.2) is 5.69 Å². The lowest BCUT2D eigenvalue weighted by Gasteiger charge is -2.29. The second-order valence-electron chi connectivity index (χ2n) is 7.12. The number of benzene rings is 1. The zero-order valence-electron chi connectivity index (χ0n) is 16.2. The van der Waals surface area contributed by atoms with Gasteiger partial charge >= 0.3 is 0 Å². The van der Waals surface area contributed by atoms with Crippen molar-refractivity contribution in [2.45, 2.75) is 25.4 Å². The number of rotatable bonds is 5. The van der Waals surface area contributed by atoms with Gasteiger partial charge in [-0.15, -0.1) is 0 Å². The fraction of sp³-hybridized carbons (Fsp3) is 0.450. The lowest BCUT2D eigenvalue weighted by Crippen LogP contribution is -2.43. The molecule has 1 aromatic heterocycles. The van der Waals surface area contributed by atoms with Gasteiger partial charge in [0.1, 0.15) is 12.3 Å².